The molecule has 4 aromatic rings. The second-order valence-corrected chi connectivity index (χ2v) is 9.53. The summed E-state index contributed by atoms with van der Waals surface area (Å²) in [5.41, 5.74) is 0.368. The van der Waals surface area contributed by atoms with Crippen molar-refractivity contribution in [1.29, 1.82) is 0 Å². The van der Waals surface area contributed by atoms with E-state index in [0.29, 0.717) is 16.6 Å². The fraction of sp³-hybridized carbons (Fsp3) is 0.200. The third-order valence-electron chi connectivity index (χ3n) is 4.90. The number of halogens is 4. The third kappa shape index (κ3) is 3.93. The normalized spacial score (nSPS) is 12.4. The highest BCUT2D eigenvalue weighted by Gasteiger charge is 2.33. The Morgan fingerprint density at radius 1 is 1.03 bits per heavy atom. The Balaban J connectivity index is 1.94. The highest BCUT2D eigenvalue weighted by atomic mass is 35.5. The van der Waals surface area contributed by atoms with Gasteiger partial charge in [-0.1, -0.05) is 18.5 Å². The zero-order valence-electron chi connectivity index (χ0n) is 16.7. The van der Waals surface area contributed by atoms with Crippen LogP contribution in [0.1, 0.15) is 12.6 Å². The second-order valence-electron chi connectivity index (χ2n) is 6.89. The van der Waals surface area contributed by atoms with Crippen molar-refractivity contribution < 1.29 is 21.6 Å². The molecule has 0 aromatic carbocycles. The molecule has 4 aromatic heterocycles. The number of hydrogen-bond acceptors (Lipinski definition) is 6. The van der Waals surface area contributed by atoms with Crippen LogP contribution in [-0.4, -0.2) is 38.7 Å². The summed E-state index contributed by atoms with van der Waals surface area (Å²) in [5.74, 6) is -0.0952. The Morgan fingerprint density at radius 2 is 1.75 bits per heavy atom. The van der Waals surface area contributed by atoms with Crippen molar-refractivity contribution in [3.63, 3.8) is 0 Å². The van der Waals surface area contributed by atoms with Crippen LogP contribution in [0.3, 0.4) is 0 Å². The highest BCUT2D eigenvalue weighted by molar-refractivity contribution is 7.91. The molecule has 0 saturated carbocycles. The average molecular weight is 482 g/mol. The van der Waals surface area contributed by atoms with Crippen LogP contribution in [0.2, 0.25) is 5.15 Å². The number of nitrogens with zero attached hydrogens (tertiary/aromatic N) is 5. The van der Waals surface area contributed by atoms with Gasteiger partial charge in [0.1, 0.15) is 16.5 Å². The molecule has 0 saturated heterocycles. The number of alkyl halides is 3. The molecule has 0 bridgehead atoms. The predicted octanol–water partition coefficient (Wildman–Crippen LogP) is 4.56. The minimum absolute atomic E-state index is 0.0254. The van der Waals surface area contributed by atoms with E-state index in [1.54, 1.807) is 19.2 Å². The van der Waals surface area contributed by atoms with Gasteiger partial charge < -0.3 is 4.57 Å². The molecular formula is C20H15ClF3N5O2S. The first-order valence-electron chi connectivity index (χ1n) is 9.26. The average Bonchev–Trinajstić information content (AvgIpc) is 3.09. The molecule has 4 heterocycles. The van der Waals surface area contributed by atoms with Gasteiger partial charge in [-0.05, 0) is 24.3 Å². The fourth-order valence-corrected chi connectivity index (χ4v) is 4.33. The zero-order chi connectivity index (χ0) is 23.3. The Hall–Kier alpha value is -3.05. The van der Waals surface area contributed by atoms with Crippen LogP contribution >= 0.6 is 11.6 Å². The minimum Gasteiger partial charge on any atom is -0.324 e. The van der Waals surface area contributed by atoms with E-state index in [9.17, 15) is 21.6 Å². The first kappa shape index (κ1) is 22.2. The number of hydrogen-bond donors (Lipinski definition) is 0. The third-order valence-corrected chi connectivity index (χ3v) is 6.86. The van der Waals surface area contributed by atoms with Gasteiger partial charge in [-0.25, -0.2) is 23.4 Å². The maximum Gasteiger partial charge on any atom is 0.433 e. The molecule has 32 heavy (non-hydrogen) atoms. The van der Waals surface area contributed by atoms with Crippen molar-refractivity contribution in [3.05, 3.63) is 53.7 Å². The zero-order valence-corrected chi connectivity index (χ0v) is 18.3. The van der Waals surface area contributed by atoms with Gasteiger partial charge in [0, 0.05) is 30.6 Å². The van der Waals surface area contributed by atoms with Gasteiger partial charge in [0.15, 0.2) is 15.7 Å². The highest BCUT2D eigenvalue weighted by Crippen LogP contribution is 2.33. The molecule has 0 amide bonds. The van der Waals surface area contributed by atoms with E-state index in [1.807, 2.05) is 0 Å². The molecule has 0 N–H and O–H groups in total. The molecule has 0 unspecified atom stereocenters. The summed E-state index contributed by atoms with van der Waals surface area (Å²) < 4.78 is 66.3. The molecule has 166 valence electrons. The van der Waals surface area contributed by atoms with E-state index in [0.717, 1.165) is 12.3 Å². The first-order valence-corrected chi connectivity index (χ1v) is 11.3. The number of aryl methyl sites for hydroxylation is 1. The lowest BCUT2D eigenvalue weighted by atomic mass is 10.1. The van der Waals surface area contributed by atoms with E-state index in [-0.39, 0.29) is 32.8 Å². The molecule has 0 aliphatic carbocycles. The summed E-state index contributed by atoms with van der Waals surface area (Å²) in [4.78, 5) is 15.9. The molecule has 0 aliphatic heterocycles. The van der Waals surface area contributed by atoms with Gasteiger partial charge in [0.05, 0.1) is 27.9 Å². The summed E-state index contributed by atoms with van der Waals surface area (Å²) in [5, 5.41) is 0.284. The Kier molecular flexibility index (Phi) is 5.41. The number of sulfone groups is 1. The van der Waals surface area contributed by atoms with Crippen LogP contribution in [-0.2, 0) is 23.1 Å². The van der Waals surface area contributed by atoms with E-state index in [4.69, 9.17) is 11.6 Å². The maximum atomic E-state index is 13.0. The molecule has 7 nitrogen and oxygen atoms in total. The predicted molar refractivity (Wildman–Crippen MR) is 113 cm³/mol. The van der Waals surface area contributed by atoms with Gasteiger partial charge in [0.2, 0.25) is 0 Å². The number of pyridine rings is 3. The van der Waals surface area contributed by atoms with Crippen molar-refractivity contribution >= 4 is 32.5 Å². The van der Waals surface area contributed by atoms with E-state index in [2.05, 4.69) is 19.9 Å². The number of fused-ring (bicyclic) bond motifs is 1. The molecule has 0 radical (unpaired) electrons. The Bertz CT molecular complexity index is 1430. The molecule has 4 rings (SSSR count). The fourth-order valence-electron chi connectivity index (χ4n) is 3.17. The SMILES string of the molecule is CCS(=O)(=O)c1cc(-c2ccc(Cl)nc2)cnc1-c1nc2cc(C(F)(F)F)ncc2n1C. The smallest absolute Gasteiger partial charge is 0.324 e. The van der Waals surface area contributed by atoms with Crippen LogP contribution in [0.4, 0.5) is 13.2 Å². The molecule has 0 aliphatic rings. The van der Waals surface area contributed by atoms with Crippen LogP contribution in [0.5, 0.6) is 0 Å². The lowest BCUT2D eigenvalue weighted by molar-refractivity contribution is -0.141. The summed E-state index contributed by atoms with van der Waals surface area (Å²) in [7, 11) is -2.20. The van der Waals surface area contributed by atoms with Gasteiger partial charge in [-0.15, -0.1) is 0 Å². The van der Waals surface area contributed by atoms with Crippen LogP contribution < -0.4 is 0 Å². The maximum absolute atomic E-state index is 13.0. The number of aromatic nitrogens is 5. The van der Waals surface area contributed by atoms with Crippen molar-refractivity contribution in [2.24, 2.45) is 7.05 Å². The van der Waals surface area contributed by atoms with Crippen molar-refractivity contribution in [2.45, 2.75) is 18.0 Å². The Labute approximate surface area is 185 Å². The topological polar surface area (TPSA) is 90.6 Å². The molecule has 12 heteroatoms. The first-order chi connectivity index (χ1) is 15.0. The van der Waals surface area contributed by atoms with Gasteiger partial charge in [-0.3, -0.25) is 4.98 Å². The number of imidazole rings is 1. The molecule has 0 fully saturated rings. The van der Waals surface area contributed by atoms with Gasteiger partial charge >= 0.3 is 6.18 Å². The summed E-state index contributed by atoms with van der Waals surface area (Å²) in [6, 6.07) is 5.51. The van der Waals surface area contributed by atoms with Crippen LogP contribution in [0, 0.1) is 0 Å². The van der Waals surface area contributed by atoms with Crippen LogP contribution in [0.15, 0.2) is 47.8 Å². The summed E-state index contributed by atoms with van der Waals surface area (Å²) in [6.07, 6.45) is -0.639. The Morgan fingerprint density at radius 3 is 2.38 bits per heavy atom. The van der Waals surface area contributed by atoms with E-state index < -0.39 is 21.7 Å². The standard InChI is InChI=1S/C20H15ClF3N5O2S/c1-3-32(30,31)15-6-12(11-4-5-17(21)26-8-11)9-27-18(15)19-28-13-7-16(20(22,23)24)25-10-14(13)29(19)2/h4-10H,3H2,1-2H3. The number of rotatable bonds is 4. The quantitative estimate of drug-likeness (QED) is 0.397. The van der Waals surface area contributed by atoms with Crippen molar-refractivity contribution in [1.82, 2.24) is 24.5 Å². The molecular weight excluding hydrogens is 467 g/mol. The van der Waals surface area contributed by atoms with Gasteiger partial charge in [0.25, 0.3) is 0 Å². The molecule has 0 spiro atoms. The van der Waals surface area contributed by atoms with Crippen molar-refractivity contribution in [2.75, 3.05) is 5.75 Å². The monoisotopic (exact) mass is 481 g/mol. The lowest BCUT2D eigenvalue weighted by Gasteiger charge is -2.11. The second kappa shape index (κ2) is 7.82. The van der Waals surface area contributed by atoms with Crippen molar-refractivity contribution in [3.8, 4) is 22.6 Å². The molecule has 0 atom stereocenters. The summed E-state index contributed by atoms with van der Waals surface area (Å²) in [6.45, 7) is 1.49. The van der Waals surface area contributed by atoms with Gasteiger partial charge in [-0.2, -0.15) is 13.2 Å². The van der Waals surface area contributed by atoms with E-state index >= 15 is 0 Å². The minimum atomic E-state index is -4.63. The summed E-state index contributed by atoms with van der Waals surface area (Å²) >= 11 is 5.82. The largest absolute Gasteiger partial charge is 0.433 e. The lowest BCUT2D eigenvalue weighted by Crippen LogP contribution is -2.09. The van der Waals surface area contributed by atoms with E-state index in [1.165, 1.54) is 30.0 Å². The van der Waals surface area contributed by atoms with Crippen LogP contribution in [0.25, 0.3) is 33.7 Å².